The van der Waals surface area contributed by atoms with Gasteiger partial charge in [-0.1, -0.05) is 6.92 Å². The van der Waals surface area contributed by atoms with E-state index in [9.17, 15) is 14.9 Å². The molecule has 1 aromatic carbocycles. The Morgan fingerprint density at radius 1 is 1.33 bits per heavy atom. The molecule has 0 bridgehead atoms. The minimum atomic E-state index is -0.758. The molecule has 0 saturated heterocycles. The molecule has 1 aromatic heterocycles. The zero-order valence-corrected chi connectivity index (χ0v) is 13.8. The van der Waals surface area contributed by atoms with E-state index in [1.54, 1.807) is 23.9 Å². The number of carbonyl (C=O) groups excluding carboxylic acids is 1. The van der Waals surface area contributed by atoms with E-state index in [0.717, 1.165) is 6.42 Å². The van der Waals surface area contributed by atoms with Gasteiger partial charge in [0.1, 0.15) is 11.6 Å². The second kappa shape index (κ2) is 7.58. The third kappa shape index (κ3) is 4.09. The maximum absolute atomic E-state index is 12.3. The van der Waals surface area contributed by atoms with Crippen molar-refractivity contribution in [3.8, 4) is 5.75 Å². The van der Waals surface area contributed by atoms with E-state index < -0.39 is 11.0 Å². The van der Waals surface area contributed by atoms with Crippen LogP contribution in [0.15, 0.2) is 36.5 Å². The molecule has 0 spiro atoms. The van der Waals surface area contributed by atoms with Crippen LogP contribution >= 0.6 is 0 Å². The first kappa shape index (κ1) is 17.5. The zero-order valence-electron chi connectivity index (χ0n) is 13.8. The third-order valence-corrected chi connectivity index (χ3v) is 3.66. The summed E-state index contributed by atoms with van der Waals surface area (Å²) in [6.45, 7) is 5.67. The van der Waals surface area contributed by atoms with Crippen LogP contribution in [0, 0.1) is 10.1 Å². The number of nitro benzene ring substituents is 1. The molecule has 2 rings (SSSR count). The molecule has 8 heteroatoms. The first-order valence-electron chi connectivity index (χ1n) is 7.67. The molecular formula is C16H20N4O4. The summed E-state index contributed by atoms with van der Waals surface area (Å²) >= 11 is 0. The number of amides is 1. The summed E-state index contributed by atoms with van der Waals surface area (Å²) in [6.07, 6.45) is 1.76. The van der Waals surface area contributed by atoms with E-state index in [1.165, 1.54) is 24.3 Å². The van der Waals surface area contributed by atoms with Crippen molar-refractivity contribution in [3.05, 3.63) is 46.6 Å². The quantitative estimate of drug-likeness (QED) is 0.620. The maximum Gasteiger partial charge on any atom is 0.269 e. The third-order valence-electron chi connectivity index (χ3n) is 3.66. The van der Waals surface area contributed by atoms with Crippen LogP contribution in [-0.4, -0.2) is 26.7 Å². The van der Waals surface area contributed by atoms with Crippen molar-refractivity contribution in [2.75, 3.05) is 5.32 Å². The Balaban J connectivity index is 2.00. The van der Waals surface area contributed by atoms with Gasteiger partial charge in [-0.3, -0.25) is 14.9 Å². The number of aromatic nitrogens is 2. The molecule has 0 fully saturated rings. The van der Waals surface area contributed by atoms with E-state index >= 15 is 0 Å². The van der Waals surface area contributed by atoms with Crippen molar-refractivity contribution < 1.29 is 14.5 Å². The Bertz CT molecular complexity index is 711. The van der Waals surface area contributed by atoms with E-state index in [4.69, 9.17) is 4.74 Å². The van der Waals surface area contributed by atoms with Crippen LogP contribution in [0.3, 0.4) is 0 Å². The summed E-state index contributed by atoms with van der Waals surface area (Å²) < 4.78 is 7.27. The summed E-state index contributed by atoms with van der Waals surface area (Å²) in [5, 5.41) is 17.6. The molecule has 0 aliphatic heterocycles. The average molecular weight is 332 g/mol. The number of benzene rings is 1. The molecule has 24 heavy (non-hydrogen) atoms. The molecule has 1 amide bonds. The van der Waals surface area contributed by atoms with Crippen molar-refractivity contribution in [1.82, 2.24) is 9.78 Å². The SMILES string of the molecule is CC[C@@H](C)n1nccc1NC(=O)[C@H](C)Oc1ccc([N+](=O)[O-])cc1. The lowest BCUT2D eigenvalue weighted by atomic mass is 10.2. The van der Waals surface area contributed by atoms with Gasteiger partial charge in [-0.15, -0.1) is 0 Å². The number of non-ortho nitro benzene ring substituents is 1. The fourth-order valence-corrected chi connectivity index (χ4v) is 2.07. The van der Waals surface area contributed by atoms with Crippen molar-refractivity contribution in [2.45, 2.75) is 39.3 Å². The lowest BCUT2D eigenvalue weighted by Gasteiger charge is -2.17. The van der Waals surface area contributed by atoms with Crippen LogP contribution < -0.4 is 10.1 Å². The molecule has 1 N–H and O–H groups in total. The summed E-state index contributed by atoms with van der Waals surface area (Å²) in [5.74, 6) is 0.672. The predicted molar refractivity (Wildman–Crippen MR) is 89.0 cm³/mol. The Kier molecular flexibility index (Phi) is 5.51. The highest BCUT2D eigenvalue weighted by molar-refractivity contribution is 5.93. The molecule has 0 radical (unpaired) electrons. The summed E-state index contributed by atoms with van der Waals surface area (Å²) in [6, 6.07) is 7.48. The van der Waals surface area contributed by atoms with Gasteiger partial charge in [0, 0.05) is 18.2 Å². The molecule has 0 aliphatic carbocycles. The fraction of sp³-hybridized carbons (Fsp3) is 0.375. The maximum atomic E-state index is 12.3. The van der Waals surface area contributed by atoms with Crippen molar-refractivity contribution in [2.24, 2.45) is 0 Å². The Morgan fingerprint density at radius 3 is 2.58 bits per heavy atom. The highest BCUT2D eigenvalue weighted by Crippen LogP contribution is 2.20. The topological polar surface area (TPSA) is 99.3 Å². The standard InChI is InChI=1S/C16H20N4O4/c1-4-11(2)19-15(9-10-17-19)18-16(21)12(3)24-14-7-5-13(6-8-14)20(22)23/h5-12H,4H2,1-3H3,(H,18,21)/t11-,12+/m1/s1. The van der Waals surface area contributed by atoms with Crippen LogP contribution in [0.25, 0.3) is 0 Å². The van der Waals surface area contributed by atoms with Crippen LogP contribution in [0.4, 0.5) is 11.5 Å². The molecule has 2 aromatic rings. The molecule has 1 heterocycles. The Labute approximate surface area is 139 Å². The Hall–Kier alpha value is -2.90. The fourth-order valence-electron chi connectivity index (χ4n) is 2.07. The van der Waals surface area contributed by atoms with Gasteiger partial charge < -0.3 is 10.1 Å². The molecule has 0 unspecified atom stereocenters. The number of ether oxygens (including phenoxy) is 1. The van der Waals surface area contributed by atoms with E-state index in [2.05, 4.69) is 10.4 Å². The van der Waals surface area contributed by atoms with Gasteiger partial charge in [0.05, 0.1) is 17.2 Å². The number of nitrogens with zero attached hydrogens (tertiary/aromatic N) is 3. The molecular weight excluding hydrogens is 312 g/mol. The summed E-state index contributed by atoms with van der Waals surface area (Å²) in [5.41, 5.74) is -0.0306. The molecule has 128 valence electrons. The number of nitrogens with one attached hydrogen (secondary N) is 1. The van der Waals surface area contributed by atoms with Gasteiger partial charge in [-0.2, -0.15) is 5.10 Å². The van der Waals surface area contributed by atoms with Crippen LogP contribution in [0.2, 0.25) is 0 Å². The highest BCUT2D eigenvalue weighted by atomic mass is 16.6. The molecule has 8 nitrogen and oxygen atoms in total. The number of hydrogen-bond acceptors (Lipinski definition) is 5. The van der Waals surface area contributed by atoms with Gasteiger partial charge >= 0.3 is 0 Å². The molecule has 0 aliphatic rings. The monoisotopic (exact) mass is 332 g/mol. The number of anilines is 1. The first-order chi connectivity index (χ1) is 11.4. The Morgan fingerprint density at radius 2 is 2.00 bits per heavy atom. The van der Waals surface area contributed by atoms with E-state index in [-0.39, 0.29) is 17.6 Å². The zero-order chi connectivity index (χ0) is 17.7. The lowest BCUT2D eigenvalue weighted by molar-refractivity contribution is -0.384. The smallest absolute Gasteiger partial charge is 0.269 e. The number of rotatable bonds is 7. The van der Waals surface area contributed by atoms with E-state index in [0.29, 0.717) is 11.6 Å². The van der Waals surface area contributed by atoms with Crippen molar-refractivity contribution in [1.29, 1.82) is 0 Å². The minimum Gasteiger partial charge on any atom is -0.481 e. The highest BCUT2D eigenvalue weighted by Gasteiger charge is 2.18. The number of hydrogen-bond donors (Lipinski definition) is 1. The lowest BCUT2D eigenvalue weighted by Crippen LogP contribution is -2.31. The first-order valence-corrected chi connectivity index (χ1v) is 7.67. The van der Waals surface area contributed by atoms with Gasteiger partial charge in [0.15, 0.2) is 6.10 Å². The second-order valence-electron chi connectivity index (χ2n) is 5.42. The van der Waals surface area contributed by atoms with Crippen LogP contribution in [0.1, 0.15) is 33.2 Å². The summed E-state index contributed by atoms with van der Waals surface area (Å²) in [4.78, 5) is 22.4. The van der Waals surface area contributed by atoms with Crippen LogP contribution in [0.5, 0.6) is 5.75 Å². The van der Waals surface area contributed by atoms with Gasteiger partial charge in [-0.05, 0) is 32.4 Å². The average Bonchev–Trinajstić information content (AvgIpc) is 3.02. The number of nitro groups is 1. The largest absolute Gasteiger partial charge is 0.481 e. The molecule has 2 atom stereocenters. The van der Waals surface area contributed by atoms with Crippen molar-refractivity contribution in [3.63, 3.8) is 0 Å². The summed E-state index contributed by atoms with van der Waals surface area (Å²) in [7, 11) is 0. The molecule has 0 saturated carbocycles. The van der Waals surface area contributed by atoms with Gasteiger partial charge in [0.25, 0.3) is 11.6 Å². The van der Waals surface area contributed by atoms with Crippen LogP contribution in [-0.2, 0) is 4.79 Å². The van der Waals surface area contributed by atoms with E-state index in [1.807, 2.05) is 13.8 Å². The van der Waals surface area contributed by atoms with Gasteiger partial charge in [-0.25, -0.2) is 4.68 Å². The van der Waals surface area contributed by atoms with Crippen molar-refractivity contribution >= 4 is 17.4 Å². The minimum absolute atomic E-state index is 0.0306. The van der Waals surface area contributed by atoms with Gasteiger partial charge in [0.2, 0.25) is 0 Å². The normalized spacial score (nSPS) is 13.1. The predicted octanol–water partition coefficient (Wildman–Crippen LogP) is 3.17. The second-order valence-corrected chi connectivity index (χ2v) is 5.42. The number of carbonyl (C=O) groups is 1.